The van der Waals surface area contributed by atoms with E-state index in [0.717, 1.165) is 15.7 Å². The van der Waals surface area contributed by atoms with Crippen LogP contribution in [0.25, 0.3) is 0 Å². The van der Waals surface area contributed by atoms with Gasteiger partial charge in [0, 0.05) is 10.2 Å². The normalized spacial score (nSPS) is 11.5. The van der Waals surface area contributed by atoms with Gasteiger partial charge < -0.3 is 11.1 Å². The Balaban J connectivity index is 0.00000196. The number of carbonyl (C=O) groups is 1. The molecule has 3 nitrogen and oxygen atoms in total. The van der Waals surface area contributed by atoms with Crippen molar-refractivity contribution >= 4 is 39.9 Å². The lowest BCUT2D eigenvalue weighted by atomic mass is 10.2. The average Bonchev–Trinajstić information content (AvgIpc) is 2.11. The highest BCUT2D eigenvalue weighted by molar-refractivity contribution is 9.10. The molecule has 1 aromatic rings. The van der Waals surface area contributed by atoms with Crippen molar-refractivity contribution in [1.29, 1.82) is 0 Å². The van der Waals surface area contributed by atoms with Crippen LogP contribution in [0.4, 0.5) is 5.69 Å². The fourth-order valence-corrected chi connectivity index (χ4v) is 1.23. The standard InChI is InChI=1S/C10H13BrN2O.ClH/c1-6-5-8(3-4-9(6)11)13-10(14)7(2)12;/h3-5,7H,12H2,1-2H3,(H,13,14);1H/t7-;/m1./s1. The van der Waals surface area contributed by atoms with E-state index in [2.05, 4.69) is 21.2 Å². The van der Waals surface area contributed by atoms with Crippen LogP contribution in [-0.4, -0.2) is 11.9 Å². The maximum absolute atomic E-state index is 11.3. The van der Waals surface area contributed by atoms with E-state index < -0.39 is 6.04 Å². The van der Waals surface area contributed by atoms with Crippen LogP contribution in [0.3, 0.4) is 0 Å². The van der Waals surface area contributed by atoms with Crippen LogP contribution < -0.4 is 11.1 Å². The quantitative estimate of drug-likeness (QED) is 0.880. The molecule has 5 heteroatoms. The lowest BCUT2D eigenvalue weighted by Crippen LogP contribution is -2.32. The highest BCUT2D eigenvalue weighted by Gasteiger charge is 2.07. The van der Waals surface area contributed by atoms with Gasteiger partial charge in [-0.2, -0.15) is 0 Å². The monoisotopic (exact) mass is 292 g/mol. The number of carbonyl (C=O) groups excluding carboxylic acids is 1. The van der Waals surface area contributed by atoms with Crippen molar-refractivity contribution in [2.24, 2.45) is 5.73 Å². The molecule has 1 amide bonds. The van der Waals surface area contributed by atoms with E-state index in [-0.39, 0.29) is 18.3 Å². The molecule has 1 aromatic carbocycles. The third kappa shape index (κ3) is 4.20. The molecule has 3 N–H and O–H groups in total. The lowest BCUT2D eigenvalue weighted by molar-refractivity contribution is -0.117. The minimum atomic E-state index is -0.487. The fraction of sp³-hybridized carbons (Fsp3) is 0.300. The molecule has 15 heavy (non-hydrogen) atoms. The maximum Gasteiger partial charge on any atom is 0.240 e. The molecular weight excluding hydrogens is 279 g/mol. The summed E-state index contributed by atoms with van der Waals surface area (Å²) in [7, 11) is 0. The molecule has 0 radical (unpaired) electrons. The van der Waals surface area contributed by atoms with Crippen molar-refractivity contribution in [2.45, 2.75) is 19.9 Å². The molecule has 0 aliphatic rings. The molecule has 0 aliphatic carbocycles. The van der Waals surface area contributed by atoms with E-state index in [9.17, 15) is 4.79 Å². The first kappa shape index (κ1) is 14.4. The first-order valence-corrected chi connectivity index (χ1v) is 5.12. The summed E-state index contributed by atoms with van der Waals surface area (Å²) in [5, 5.41) is 2.72. The molecule has 0 fully saturated rings. The zero-order chi connectivity index (χ0) is 10.7. The minimum Gasteiger partial charge on any atom is -0.325 e. The molecule has 0 saturated carbocycles. The zero-order valence-electron chi connectivity index (χ0n) is 8.58. The second-order valence-electron chi connectivity index (χ2n) is 3.24. The van der Waals surface area contributed by atoms with Gasteiger partial charge in [0.1, 0.15) is 0 Å². The second-order valence-corrected chi connectivity index (χ2v) is 4.10. The predicted molar refractivity (Wildman–Crippen MR) is 68.4 cm³/mol. The molecule has 1 atom stereocenters. The van der Waals surface area contributed by atoms with E-state index >= 15 is 0 Å². The fourth-order valence-electron chi connectivity index (χ4n) is 0.979. The molecular formula is C10H14BrClN2O. The van der Waals surface area contributed by atoms with Crippen LogP contribution in [0.1, 0.15) is 12.5 Å². The first-order valence-electron chi connectivity index (χ1n) is 4.33. The number of benzene rings is 1. The van der Waals surface area contributed by atoms with Crippen molar-refractivity contribution in [2.75, 3.05) is 5.32 Å². The summed E-state index contributed by atoms with van der Waals surface area (Å²) in [5.41, 5.74) is 7.28. The molecule has 0 aromatic heterocycles. The summed E-state index contributed by atoms with van der Waals surface area (Å²) in [5.74, 6) is -0.174. The number of rotatable bonds is 2. The topological polar surface area (TPSA) is 55.1 Å². The molecule has 0 saturated heterocycles. The highest BCUT2D eigenvalue weighted by atomic mass is 79.9. The highest BCUT2D eigenvalue weighted by Crippen LogP contribution is 2.19. The Morgan fingerprint density at radius 1 is 1.53 bits per heavy atom. The summed E-state index contributed by atoms with van der Waals surface area (Å²) in [6, 6.07) is 5.13. The van der Waals surface area contributed by atoms with Gasteiger partial charge in [-0.15, -0.1) is 12.4 Å². The second kappa shape index (κ2) is 6.10. The van der Waals surface area contributed by atoms with Crippen molar-refractivity contribution in [3.8, 4) is 0 Å². The van der Waals surface area contributed by atoms with Crippen LogP contribution in [-0.2, 0) is 4.79 Å². The van der Waals surface area contributed by atoms with Gasteiger partial charge in [0.25, 0.3) is 0 Å². The molecule has 0 spiro atoms. The van der Waals surface area contributed by atoms with E-state index in [1.807, 2.05) is 25.1 Å². The summed E-state index contributed by atoms with van der Waals surface area (Å²) in [6.07, 6.45) is 0. The van der Waals surface area contributed by atoms with E-state index in [1.165, 1.54) is 0 Å². The van der Waals surface area contributed by atoms with Gasteiger partial charge in [-0.3, -0.25) is 4.79 Å². The lowest BCUT2D eigenvalue weighted by Gasteiger charge is -2.08. The molecule has 0 unspecified atom stereocenters. The number of hydrogen-bond donors (Lipinski definition) is 2. The molecule has 0 aliphatic heterocycles. The Morgan fingerprint density at radius 2 is 2.13 bits per heavy atom. The maximum atomic E-state index is 11.3. The van der Waals surface area contributed by atoms with Crippen LogP contribution in [0.2, 0.25) is 0 Å². The van der Waals surface area contributed by atoms with E-state index in [4.69, 9.17) is 5.73 Å². The Labute approximate surface area is 104 Å². The van der Waals surface area contributed by atoms with Crippen molar-refractivity contribution in [3.63, 3.8) is 0 Å². The smallest absolute Gasteiger partial charge is 0.240 e. The average molecular weight is 294 g/mol. The van der Waals surface area contributed by atoms with Crippen molar-refractivity contribution < 1.29 is 4.79 Å². The van der Waals surface area contributed by atoms with Gasteiger partial charge in [-0.25, -0.2) is 0 Å². The van der Waals surface area contributed by atoms with Crippen LogP contribution in [0, 0.1) is 6.92 Å². The number of nitrogens with one attached hydrogen (secondary N) is 1. The van der Waals surface area contributed by atoms with E-state index in [0.29, 0.717) is 0 Å². The van der Waals surface area contributed by atoms with E-state index in [1.54, 1.807) is 6.92 Å². The zero-order valence-corrected chi connectivity index (χ0v) is 11.0. The van der Waals surface area contributed by atoms with Gasteiger partial charge >= 0.3 is 0 Å². The predicted octanol–water partition coefficient (Wildman–Crippen LogP) is 2.47. The summed E-state index contributed by atoms with van der Waals surface area (Å²) >= 11 is 3.39. The number of anilines is 1. The summed E-state index contributed by atoms with van der Waals surface area (Å²) in [4.78, 5) is 11.3. The number of hydrogen-bond acceptors (Lipinski definition) is 2. The van der Waals surface area contributed by atoms with Crippen LogP contribution in [0.5, 0.6) is 0 Å². The Bertz CT molecular complexity index is 355. The number of aryl methyl sites for hydroxylation is 1. The van der Waals surface area contributed by atoms with Crippen molar-refractivity contribution in [3.05, 3.63) is 28.2 Å². The Hall–Kier alpha value is -0.580. The van der Waals surface area contributed by atoms with Gasteiger partial charge in [-0.1, -0.05) is 15.9 Å². The molecule has 0 heterocycles. The van der Waals surface area contributed by atoms with Gasteiger partial charge in [0.15, 0.2) is 0 Å². The van der Waals surface area contributed by atoms with Crippen molar-refractivity contribution in [1.82, 2.24) is 0 Å². The number of nitrogens with two attached hydrogens (primary N) is 1. The van der Waals surface area contributed by atoms with Gasteiger partial charge in [0.2, 0.25) is 5.91 Å². The SMILES string of the molecule is Cc1cc(NC(=O)[C@@H](C)N)ccc1Br.Cl. The summed E-state index contributed by atoms with van der Waals surface area (Å²) in [6.45, 7) is 3.62. The summed E-state index contributed by atoms with van der Waals surface area (Å²) < 4.78 is 1.02. The molecule has 1 rings (SSSR count). The van der Waals surface area contributed by atoms with Crippen LogP contribution >= 0.6 is 28.3 Å². The third-order valence-electron chi connectivity index (χ3n) is 1.84. The Kier molecular flexibility index (Phi) is 5.87. The first-order chi connectivity index (χ1) is 6.50. The number of halogens is 2. The molecule has 0 bridgehead atoms. The van der Waals surface area contributed by atoms with Crippen LogP contribution in [0.15, 0.2) is 22.7 Å². The largest absolute Gasteiger partial charge is 0.325 e. The van der Waals surface area contributed by atoms with Gasteiger partial charge in [0.05, 0.1) is 6.04 Å². The van der Waals surface area contributed by atoms with Gasteiger partial charge in [-0.05, 0) is 37.6 Å². The molecule has 84 valence electrons. The number of amides is 1. The third-order valence-corrected chi connectivity index (χ3v) is 2.73. The minimum absolute atomic E-state index is 0. The Morgan fingerprint density at radius 3 is 2.60 bits per heavy atom.